The van der Waals surface area contributed by atoms with Crippen LogP contribution in [0.15, 0.2) is 54.6 Å². The molecular weight excluding hydrogens is 250 g/mol. The Hall–Kier alpha value is -1.25. The molecule has 19 heavy (non-hydrogen) atoms. The van der Waals surface area contributed by atoms with Crippen LogP contribution in [-0.2, 0) is 6.54 Å². The van der Waals surface area contributed by atoms with Crippen LogP contribution in [0.2, 0.25) is 0 Å². The Labute approximate surface area is 119 Å². The third kappa shape index (κ3) is 3.40. The van der Waals surface area contributed by atoms with Gasteiger partial charge in [0.25, 0.3) is 0 Å². The minimum absolute atomic E-state index is 1.08. The summed E-state index contributed by atoms with van der Waals surface area (Å²) < 4.78 is 0. The first-order valence-corrected chi connectivity index (χ1v) is 8.02. The van der Waals surface area contributed by atoms with Gasteiger partial charge in [0.1, 0.15) is 0 Å². The van der Waals surface area contributed by atoms with Gasteiger partial charge in [0, 0.05) is 31.1 Å². The van der Waals surface area contributed by atoms with E-state index in [2.05, 4.69) is 71.3 Å². The van der Waals surface area contributed by atoms with Crippen molar-refractivity contribution in [1.29, 1.82) is 0 Å². The van der Waals surface area contributed by atoms with Crippen molar-refractivity contribution in [1.82, 2.24) is 4.90 Å². The molecule has 3 rings (SSSR count). The lowest BCUT2D eigenvalue weighted by Crippen LogP contribution is -2.31. The van der Waals surface area contributed by atoms with Crippen LogP contribution < -0.4 is 0 Å². The molecule has 0 bridgehead atoms. The van der Waals surface area contributed by atoms with E-state index >= 15 is 0 Å². The highest BCUT2D eigenvalue weighted by Crippen LogP contribution is 2.21. The molecule has 0 atom stereocenters. The molecule has 0 unspecified atom stereocenters. The van der Waals surface area contributed by atoms with E-state index in [4.69, 9.17) is 0 Å². The molecule has 1 saturated heterocycles. The van der Waals surface area contributed by atoms with Crippen molar-refractivity contribution < 1.29 is 0 Å². The van der Waals surface area contributed by atoms with E-state index in [9.17, 15) is 0 Å². The lowest BCUT2D eigenvalue weighted by atomic mass is 10.0. The zero-order valence-corrected chi connectivity index (χ0v) is 11.9. The minimum Gasteiger partial charge on any atom is -0.297 e. The highest BCUT2D eigenvalue weighted by molar-refractivity contribution is 7.99. The van der Waals surface area contributed by atoms with Crippen molar-refractivity contribution >= 4 is 11.8 Å². The van der Waals surface area contributed by atoms with Crippen LogP contribution >= 0.6 is 11.8 Å². The van der Waals surface area contributed by atoms with Crippen LogP contribution in [0, 0.1) is 0 Å². The molecule has 2 aromatic rings. The van der Waals surface area contributed by atoms with Crippen molar-refractivity contribution in [2.75, 3.05) is 24.6 Å². The molecule has 0 amide bonds. The lowest BCUT2D eigenvalue weighted by molar-refractivity contribution is 0.294. The summed E-state index contributed by atoms with van der Waals surface area (Å²) in [6.45, 7) is 3.53. The van der Waals surface area contributed by atoms with Crippen LogP contribution in [0.25, 0.3) is 11.1 Å². The second kappa shape index (κ2) is 6.27. The standard InChI is InChI=1S/C17H19NS/c1-2-6-16(7-3-1)17-8-4-5-15(13-17)14-18-9-11-19-12-10-18/h1-8,13H,9-12,14H2. The van der Waals surface area contributed by atoms with E-state index in [-0.39, 0.29) is 0 Å². The molecule has 1 aliphatic rings. The van der Waals surface area contributed by atoms with E-state index in [1.807, 2.05) is 0 Å². The summed E-state index contributed by atoms with van der Waals surface area (Å²) in [6, 6.07) is 19.6. The van der Waals surface area contributed by atoms with E-state index in [0.717, 1.165) is 6.54 Å². The van der Waals surface area contributed by atoms with Crippen LogP contribution in [0.5, 0.6) is 0 Å². The molecular formula is C17H19NS. The molecule has 0 N–H and O–H groups in total. The van der Waals surface area contributed by atoms with Gasteiger partial charge >= 0.3 is 0 Å². The average molecular weight is 269 g/mol. The van der Waals surface area contributed by atoms with Gasteiger partial charge in [-0.2, -0.15) is 11.8 Å². The van der Waals surface area contributed by atoms with Crippen molar-refractivity contribution in [2.24, 2.45) is 0 Å². The van der Waals surface area contributed by atoms with Gasteiger partial charge in [0.15, 0.2) is 0 Å². The Morgan fingerprint density at radius 2 is 1.58 bits per heavy atom. The Morgan fingerprint density at radius 1 is 0.842 bits per heavy atom. The second-order valence-electron chi connectivity index (χ2n) is 4.95. The molecule has 0 aromatic heterocycles. The Kier molecular flexibility index (Phi) is 4.21. The fourth-order valence-corrected chi connectivity index (χ4v) is 3.48. The zero-order chi connectivity index (χ0) is 12.9. The fourth-order valence-electron chi connectivity index (χ4n) is 2.50. The van der Waals surface area contributed by atoms with Gasteiger partial charge < -0.3 is 0 Å². The van der Waals surface area contributed by atoms with Crippen molar-refractivity contribution in [3.8, 4) is 11.1 Å². The summed E-state index contributed by atoms with van der Waals surface area (Å²) in [4.78, 5) is 2.56. The number of rotatable bonds is 3. The Morgan fingerprint density at radius 3 is 2.37 bits per heavy atom. The number of hydrogen-bond donors (Lipinski definition) is 0. The highest BCUT2D eigenvalue weighted by atomic mass is 32.2. The molecule has 0 radical (unpaired) electrons. The largest absolute Gasteiger partial charge is 0.297 e. The summed E-state index contributed by atoms with van der Waals surface area (Å²) in [5.41, 5.74) is 4.05. The lowest BCUT2D eigenvalue weighted by Gasteiger charge is -2.26. The normalized spacial score (nSPS) is 16.4. The van der Waals surface area contributed by atoms with Crippen molar-refractivity contribution in [2.45, 2.75) is 6.54 Å². The second-order valence-corrected chi connectivity index (χ2v) is 6.18. The molecule has 2 heteroatoms. The predicted octanol–water partition coefficient (Wildman–Crippen LogP) is 3.90. The first-order chi connectivity index (χ1) is 9.42. The number of benzene rings is 2. The summed E-state index contributed by atoms with van der Waals surface area (Å²) in [5, 5.41) is 0. The third-order valence-electron chi connectivity index (χ3n) is 3.54. The van der Waals surface area contributed by atoms with Crippen LogP contribution in [0.1, 0.15) is 5.56 Å². The van der Waals surface area contributed by atoms with Crippen LogP contribution in [0.4, 0.5) is 0 Å². The van der Waals surface area contributed by atoms with Crippen LogP contribution in [-0.4, -0.2) is 29.5 Å². The van der Waals surface area contributed by atoms with E-state index in [1.165, 1.54) is 41.3 Å². The summed E-state index contributed by atoms with van der Waals surface area (Å²) >= 11 is 2.07. The van der Waals surface area contributed by atoms with Crippen molar-refractivity contribution in [3.63, 3.8) is 0 Å². The average Bonchev–Trinajstić information content (AvgIpc) is 2.49. The first kappa shape index (κ1) is 12.8. The maximum atomic E-state index is 2.56. The zero-order valence-electron chi connectivity index (χ0n) is 11.1. The Balaban J connectivity index is 1.76. The molecule has 2 aromatic carbocycles. The van der Waals surface area contributed by atoms with Gasteiger partial charge in [-0.05, 0) is 22.8 Å². The predicted molar refractivity (Wildman–Crippen MR) is 84.5 cm³/mol. The smallest absolute Gasteiger partial charge is 0.0234 e. The summed E-state index contributed by atoms with van der Waals surface area (Å²) in [6.07, 6.45) is 0. The molecule has 1 fully saturated rings. The molecule has 98 valence electrons. The maximum absolute atomic E-state index is 2.56. The van der Waals surface area contributed by atoms with Gasteiger partial charge in [0.2, 0.25) is 0 Å². The monoisotopic (exact) mass is 269 g/mol. The van der Waals surface area contributed by atoms with E-state index < -0.39 is 0 Å². The number of nitrogens with zero attached hydrogens (tertiary/aromatic N) is 1. The van der Waals surface area contributed by atoms with Gasteiger partial charge in [-0.25, -0.2) is 0 Å². The maximum Gasteiger partial charge on any atom is 0.0234 e. The molecule has 1 aliphatic heterocycles. The van der Waals surface area contributed by atoms with Gasteiger partial charge in [-0.1, -0.05) is 48.5 Å². The van der Waals surface area contributed by atoms with Gasteiger partial charge in [-0.15, -0.1) is 0 Å². The van der Waals surface area contributed by atoms with E-state index in [0.29, 0.717) is 0 Å². The topological polar surface area (TPSA) is 3.24 Å². The van der Waals surface area contributed by atoms with Gasteiger partial charge in [-0.3, -0.25) is 4.90 Å². The highest BCUT2D eigenvalue weighted by Gasteiger charge is 2.10. The first-order valence-electron chi connectivity index (χ1n) is 6.86. The quantitative estimate of drug-likeness (QED) is 0.831. The summed E-state index contributed by atoms with van der Waals surface area (Å²) in [5.74, 6) is 2.55. The molecule has 1 heterocycles. The SMILES string of the molecule is c1ccc(-c2cccc(CN3CCSCC3)c2)cc1. The number of thioether (sulfide) groups is 1. The molecule has 0 saturated carbocycles. The Bertz CT molecular complexity index is 518. The fraction of sp³-hybridized carbons (Fsp3) is 0.294. The minimum atomic E-state index is 1.08. The third-order valence-corrected chi connectivity index (χ3v) is 4.49. The molecule has 0 aliphatic carbocycles. The van der Waals surface area contributed by atoms with Crippen LogP contribution in [0.3, 0.4) is 0 Å². The molecule has 0 spiro atoms. The van der Waals surface area contributed by atoms with E-state index in [1.54, 1.807) is 0 Å². The number of hydrogen-bond acceptors (Lipinski definition) is 2. The molecule has 1 nitrogen and oxygen atoms in total. The van der Waals surface area contributed by atoms with Gasteiger partial charge in [0.05, 0.1) is 0 Å². The van der Waals surface area contributed by atoms with Crippen molar-refractivity contribution in [3.05, 3.63) is 60.2 Å². The summed E-state index contributed by atoms with van der Waals surface area (Å²) in [7, 11) is 0.